The normalized spacial score (nSPS) is 10.5. The first-order valence-electron chi connectivity index (χ1n) is 4.50. The van der Waals surface area contributed by atoms with E-state index in [1.165, 1.54) is 0 Å². The summed E-state index contributed by atoms with van der Waals surface area (Å²) in [5.41, 5.74) is 7.59. The number of nitrogens with two attached hydrogens (primary N) is 1. The lowest BCUT2D eigenvalue weighted by atomic mass is 10.1. The van der Waals surface area contributed by atoms with Gasteiger partial charge >= 0.3 is 0 Å². The van der Waals surface area contributed by atoms with E-state index in [-0.39, 0.29) is 5.84 Å². The van der Waals surface area contributed by atoms with E-state index in [0.29, 0.717) is 16.2 Å². The van der Waals surface area contributed by atoms with Gasteiger partial charge in [0.15, 0.2) is 0 Å². The van der Waals surface area contributed by atoms with Gasteiger partial charge in [-0.15, -0.1) is 0 Å². The Labute approximate surface area is 92.4 Å². The quantitative estimate of drug-likeness (QED) is 0.572. The van der Waals surface area contributed by atoms with Crippen molar-refractivity contribution in [2.75, 3.05) is 0 Å². The van der Waals surface area contributed by atoms with Gasteiger partial charge in [0.05, 0.1) is 10.5 Å². The minimum Gasteiger partial charge on any atom is -0.382 e. The lowest BCUT2D eigenvalue weighted by molar-refractivity contribution is 1.28. The van der Waals surface area contributed by atoms with Gasteiger partial charge in [-0.05, 0) is 24.6 Å². The van der Waals surface area contributed by atoms with E-state index in [4.69, 9.17) is 22.7 Å². The molecule has 15 heavy (non-hydrogen) atoms. The van der Waals surface area contributed by atoms with Gasteiger partial charge in [0.25, 0.3) is 0 Å². The number of aromatic nitrogens is 1. The first-order chi connectivity index (χ1) is 7.09. The van der Waals surface area contributed by atoms with Gasteiger partial charge in [-0.3, -0.25) is 5.41 Å². The smallest absolute Gasteiger partial charge is 0.141 e. The molecule has 2 rings (SSSR count). The number of benzene rings is 1. The van der Waals surface area contributed by atoms with Crippen LogP contribution >= 0.6 is 11.6 Å². The van der Waals surface area contributed by atoms with Crippen molar-refractivity contribution < 1.29 is 0 Å². The number of hydrogen-bond donors (Lipinski definition) is 2. The summed E-state index contributed by atoms with van der Waals surface area (Å²) in [4.78, 5) is 4.25. The minimum absolute atomic E-state index is 0.0417. The molecule has 1 heterocycles. The summed E-state index contributed by atoms with van der Waals surface area (Å²) < 4.78 is 0. The van der Waals surface area contributed by atoms with Crippen molar-refractivity contribution in [1.29, 1.82) is 5.41 Å². The van der Waals surface area contributed by atoms with Crippen LogP contribution in [0, 0.1) is 12.3 Å². The molecule has 0 spiro atoms. The molecule has 1 aromatic carbocycles. The van der Waals surface area contributed by atoms with Crippen molar-refractivity contribution in [3.05, 3.63) is 40.5 Å². The van der Waals surface area contributed by atoms with Crippen molar-refractivity contribution >= 4 is 28.3 Å². The average Bonchev–Trinajstić information content (AvgIpc) is 2.19. The lowest BCUT2D eigenvalue weighted by Gasteiger charge is -2.06. The number of para-hydroxylation sites is 1. The van der Waals surface area contributed by atoms with Crippen LogP contribution < -0.4 is 5.73 Å². The second kappa shape index (κ2) is 3.51. The molecule has 2 aromatic rings. The van der Waals surface area contributed by atoms with Gasteiger partial charge in [0.2, 0.25) is 0 Å². The number of amidine groups is 1. The van der Waals surface area contributed by atoms with Gasteiger partial charge in [-0.1, -0.05) is 23.7 Å². The van der Waals surface area contributed by atoms with Crippen LogP contribution in [0.15, 0.2) is 24.3 Å². The average molecular weight is 220 g/mol. The van der Waals surface area contributed by atoms with E-state index >= 15 is 0 Å². The Hall–Kier alpha value is -1.61. The SMILES string of the molecule is Cc1cc(C(=N)N)nc2c(Cl)cccc12. The van der Waals surface area contributed by atoms with Crippen LogP contribution in [0.4, 0.5) is 0 Å². The van der Waals surface area contributed by atoms with Crippen LogP contribution in [0.3, 0.4) is 0 Å². The minimum atomic E-state index is -0.0417. The summed E-state index contributed by atoms with van der Waals surface area (Å²) in [6.45, 7) is 1.95. The highest BCUT2D eigenvalue weighted by atomic mass is 35.5. The summed E-state index contributed by atoms with van der Waals surface area (Å²) >= 11 is 6.03. The Morgan fingerprint density at radius 3 is 2.87 bits per heavy atom. The second-order valence-electron chi connectivity index (χ2n) is 3.37. The molecule has 3 nitrogen and oxygen atoms in total. The molecule has 0 aliphatic heterocycles. The van der Waals surface area contributed by atoms with Crippen molar-refractivity contribution in [3.63, 3.8) is 0 Å². The van der Waals surface area contributed by atoms with Crippen molar-refractivity contribution in [2.45, 2.75) is 6.92 Å². The Bertz CT molecular complexity index is 549. The van der Waals surface area contributed by atoms with Crippen LogP contribution in [0.5, 0.6) is 0 Å². The molecule has 0 amide bonds. The highest BCUT2D eigenvalue weighted by Gasteiger charge is 2.06. The van der Waals surface area contributed by atoms with E-state index in [9.17, 15) is 0 Å². The fourth-order valence-corrected chi connectivity index (χ4v) is 1.74. The molecular weight excluding hydrogens is 210 g/mol. The number of rotatable bonds is 1. The molecule has 0 radical (unpaired) electrons. The lowest BCUT2D eigenvalue weighted by Crippen LogP contribution is -2.13. The summed E-state index contributed by atoms with van der Waals surface area (Å²) in [5.74, 6) is -0.0417. The number of aryl methyl sites for hydroxylation is 1. The zero-order chi connectivity index (χ0) is 11.0. The van der Waals surface area contributed by atoms with Gasteiger partial charge < -0.3 is 5.73 Å². The Balaban J connectivity index is 2.85. The molecule has 76 valence electrons. The molecule has 1 aromatic heterocycles. The molecule has 0 saturated heterocycles. The highest BCUT2D eigenvalue weighted by Crippen LogP contribution is 2.24. The summed E-state index contributed by atoms with van der Waals surface area (Å²) in [6.07, 6.45) is 0. The number of hydrogen-bond acceptors (Lipinski definition) is 2. The van der Waals surface area contributed by atoms with Crippen molar-refractivity contribution in [3.8, 4) is 0 Å². The van der Waals surface area contributed by atoms with E-state index in [1.807, 2.05) is 19.1 Å². The number of halogens is 1. The largest absolute Gasteiger partial charge is 0.382 e. The molecule has 0 atom stereocenters. The fourth-order valence-electron chi connectivity index (χ4n) is 1.52. The standard InChI is InChI=1S/C11H10ClN3/c1-6-5-9(11(13)14)15-10-7(6)3-2-4-8(10)12/h2-5H,1H3,(H3,13,14). The molecule has 4 heteroatoms. The maximum Gasteiger partial charge on any atom is 0.141 e. The molecule has 0 aliphatic rings. The Morgan fingerprint density at radius 2 is 2.20 bits per heavy atom. The molecular formula is C11H10ClN3. The number of nitrogen functional groups attached to an aromatic ring is 1. The van der Waals surface area contributed by atoms with Crippen LogP contribution in [0.1, 0.15) is 11.3 Å². The zero-order valence-electron chi connectivity index (χ0n) is 8.21. The summed E-state index contributed by atoms with van der Waals surface area (Å²) in [7, 11) is 0. The number of fused-ring (bicyclic) bond motifs is 1. The van der Waals surface area contributed by atoms with Crippen LogP contribution in [0.2, 0.25) is 5.02 Å². The van der Waals surface area contributed by atoms with Crippen molar-refractivity contribution in [2.24, 2.45) is 5.73 Å². The first-order valence-corrected chi connectivity index (χ1v) is 4.87. The number of pyridine rings is 1. The fraction of sp³-hybridized carbons (Fsp3) is 0.0909. The van der Waals surface area contributed by atoms with Crippen LogP contribution in [-0.2, 0) is 0 Å². The zero-order valence-corrected chi connectivity index (χ0v) is 8.97. The molecule has 0 unspecified atom stereocenters. The topological polar surface area (TPSA) is 62.8 Å². The monoisotopic (exact) mass is 219 g/mol. The molecule has 0 fully saturated rings. The number of nitrogens with zero attached hydrogens (tertiary/aromatic N) is 1. The molecule has 0 saturated carbocycles. The van der Waals surface area contributed by atoms with Gasteiger partial charge in [0, 0.05) is 5.39 Å². The van der Waals surface area contributed by atoms with E-state index in [1.54, 1.807) is 12.1 Å². The Kier molecular flexibility index (Phi) is 2.32. The van der Waals surface area contributed by atoms with Gasteiger partial charge in [0.1, 0.15) is 11.5 Å². The maximum absolute atomic E-state index is 7.35. The van der Waals surface area contributed by atoms with E-state index in [0.717, 1.165) is 10.9 Å². The van der Waals surface area contributed by atoms with Crippen LogP contribution in [0.25, 0.3) is 10.9 Å². The Morgan fingerprint density at radius 1 is 1.47 bits per heavy atom. The van der Waals surface area contributed by atoms with E-state index in [2.05, 4.69) is 4.98 Å². The van der Waals surface area contributed by atoms with E-state index < -0.39 is 0 Å². The third-order valence-corrected chi connectivity index (χ3v) is 2.58. The predicted molar refractivity (Wildman–Crippen MR) is 62.5 cm³/mol. The number of nitrogens with one attached hydrogen (secondary N) is 1. The molecule has 0 aliphatic carbocycles. The summed E-state index contributed by atoms with van der Waals surface area (Å²) in [5, 5.41) is 8.93. The molecule has 0 bridgehead atoms. The van der Waals surface area contributed by atoms with Gasteiger partial charge in [-0.25, -0.2) is 4.98 Å². The van der Waals surface area contributed by atoms with Crippen LogP contribution in [-0.4, -0.2) is 10.8 Å². The van der Waals surface area contributed by atoms with Crippen molar-refractivity contribution in [1.82, 2.24) is 4.98 Å². The maximum atomic E-state index is 7.35. The summed E-state index contributed by atoms with van der Waals surface area (Å²) in [6, 6.07) is 7.40. The first kappa shape index (κ1) is 9.93. The third-order valence-electron chi connectivity index (χ3n) is 2.27. The van der Waals surface area contributed by atoms with Gasteiger partial charge in [-0.2, -0.15) is 0 Å². The second-order valence-corrected chi connectivity index (χ2v) is 3.78. The third kappa shape index (κ3) is 1.66. The predicted octanol–water partition coefficient (Wildman–Crippen LogP) is 2.48. The highest BCUT2D eigenvalue weighted by molar-refractivity contribution is 6.35. The molecule has 3 N–H and O–H groups in total.